The zero-order chi connectivity index (χ0) is 14.9. The maximum atomic E-state index is 11.8. The molecule has 0 amide bonds. The molecule has 0 saturated carbocycles. The summed E-state index contributed by atoms with van der Waals surface area (Å²) in [6.45, 7) is 0. The van der Waals surface area contributed by atoms with E-state index in [1.807, 2.05) is 0 Å². The molecule has 1 aromatic carbocycles. The van der Waals surface area contributed by atoms with Gasteiger partial charge >= 0.3 is 5.97 Å². The topological polar surface area (TPSA) is 39.2 Å². The van der Waals surface area contributed by atoms with Gasteiger partial charge in [0, 0.05) is 5.56 Å². The minimum absolute atomic E-state index is 0.231. The quantitative estimate of drug-likeness (QED) is 0.427. The highest BCUT2D eigenvalue weighted by atomic mass is 35.5. The maximum Gasteiger partial charge on any atom is 0.340 e. The average molecular weight is 351 g/mol. The highest BCUT2D eigenvalue weighted by Crippen LogP contribution is 2.36. The van der Waals surface area contributed by atoms with Gasteiger partial charge in [0.15, 0.2) is 0 Å². The summed E-state index contributed by atoms with van der Waals surface area (Å²) in [5.41, 5.74) is 1.10. The van der Waals surface area contributed by atoms with E-state index in [0.717, 1.165) is 0 Å². The number of ether oxygens (including phenoxy) is 1. The molecular formula is C13H7Cl4NO2. The van der Waals surface area contributed by atoms with E-state index in [4.69, 9.17) is 51.1 Å². The second-order valence-electron chi connectivity index (χ2n) is 3.78. The largest absolute Gasteiger partial charge is 0.465 e. The van der Waals surface area contributed by atoms with E-state index >= 15 is 0 Å². The second kappa shape index (κ2) is 6.19. The molecule has 0 aliphatic heterocycles. The second-order valence-corrected chi connectivity index (χ2v) is 5.36. The third-order valence-electron chi connectivity index (χ3n) is 2.52. The minimum Gasteiger partial charge on any atom is -0.465 e. The van der Waals surface area contributed by atoms with E-state index in [2.05, 4.69) is 4.98 Å². The van der Waals surface area contributed by atoms with Crippen LogP contribution in [0.2, 0.25) is 20.2 Å². The molecule has 0 atom stereocenters. The van der Waals surface area contributed by atoms with Crippen LogP contribution in [0.25, 0.3) is 11.3 Å². The van der Waals surface area contributed by atoms with Crippen molar-refractivity contribution in [1.29, 1.82) is 0 Å². The van der Waals surface area contributed by atoms with Crippen LogP contribution >= 0.6 is 46.4 Å². The van der Waals surface area contributed by atoms with Crippen molar-refractivity contribution in [2.75, 3.05) is 7.11 Å². The van der Waals surface area contributed by atoms with Gasteiger partial charge in [-0.15, -0.1) is 0 Å². The summed E-state index contributed by atoms with van der Waals surface area (Å²) in [4.78, 5) is 15.9. The number of halogens is 4. The number of aromatic nitrogens is 1. The summed E-state index contributed by atoms with van der Waals surface area (Å²) in [5.74, 6) is -0.536. The molecule has 0 spiro atoms. The van der Waals surface area contributed by atoms with Gasteiger partial charge in [0.05, 0.1) is 33.4 Å². The van der Waals surface area contributed by atoms with Crippen molar-refractivity contribution in [3.63, 3.8) is 0 Å². The Balaban J connectivity index is 2.68. The van der Waals surface area contributed by atoms with Crippen molar-refractivity contribution >= 4 is 52.4 Å². The summed E-state index contributed by atoms with van der Waals surface area (Å²) in [5, 5.41) is 0.979. The summed E-state index contributed by atoms with van der Waals surface area (Å²) < 4.78 is 4.71. The SMILES string of the molecule is COC(=O)c1ccc(Cl)nc1-c1cc(Cl)c(Cl)c(Cl)c1. The Bertz CT molecular complexity index is 665. The van der Waals surface area contributed by atoms with Crippen molar-refractivity contribution in [2.24, 2.45) is 0 Å². The van der Waals surface area contributed by atoms with E-state index in [9.17, 15) is 4.79 Å². The number of carbonyl (C=O) groups is 1. The van der Waals surface area contributed by atoms with Crippen LogP contribution in [-0.2, 0) is 4.74 Å². The van der Waals surface area contributed by atoms with Gasteiger partial charge in [0.25, 0.3) is 0 Å². The first kappa shape index (κ1) is 15.4. The fraction of sp³-hybridized carbons (Fsp3) is 0.0769. The predicted molar refractivity (Wildman–Crippen MR) is 81.1 cm³/mol. The Morgan fingerprint density at radius 3 is 2.25 bits per heavy atom. The fourth-order valence-electron chi connectivity index (χ4n) is 1.62. The van der Waals surface area contributed by atoms with Gasteiger partial charge in [-0.3, -0.25) is 0 Å². The van der Waals surface area contributed by atoms with Crippen LogP contribution in [0.1, 0.15) is 10.4 Å². The first-order chi connectivity index (χ1) is 9.43. The minimum atomic E-state index is -0.536. The van der Waals surface area contributed by atoms with Gasteiger partial charge in [0.1, 0.15) is 5.15 Å². The van der Waals surface area contributed by atoms with E-state index in [-0.39, 0.29) is 25.8 Å². The molecule has 3 nitrogen and oxygen atoms in total. The Morgan fingerprint density at radius 2 is 1.70 bits per heavy atom. The van der Waals surface area contributed by atoms with Gasteiger partial charge in [-0.2, -0.15) is 0 Å². The van der Waals surface area contributed by atoms with E-state index in [1.54, 1.807) is 12.1 Å². The summed E-state index contributed by atoms with van der Waals surface area (Å²) in [6, 6.07) is 6.13. The zero-order valence-electron chi connectivity index (χ0n) is 10.1. The van der Waals surface area contributed by atoms with Crippen LogP contribution < -0.4 is 0 Å². The van der Waals surface area contributed by atoms with Crippen molar-refractivity contribution < 1.29 is 9.53 Å². The molecule has 0 bridgehead atoms. The Morgan fingerprint density at radius 1 is 1.10 bits per heavy atom. The van der Waals surface area contributed by atoms with Crippen molar-refractivity contribution in [3.05, 3.63) is 50.0 Å². The van der Waals surface area contributed by atoms with Crippen LogP contribution in [0.3, 0.4) is 0 Å². The number of benzene rings is 1. The molecule has 20 heavy (non-hydrogen) atoms. The lowest BCUT2D eigenvalue weighted by molar-refractivity contribution is 0.0601. The number of methoxy groups -OCH3 is 1. The first-order valence-corrected chi connectivity index (χ1v) is 6.85. The predicted octanol–water partition coefficient (Wildman–Crippen LogP) is 5.15. The van der Waals surface area contributed by atoms with Crippen LogP contribution in [0.5, 0.6) is 0 Å². The zero-order valence-corrected chi connectivity index (χ0v) is 13.1. The smallest absolute Gasteiger partial charge is 0.340 e. The monoisotopic (exact) mass is 349 g/mol. The van der Waals surface area contributed by atoms with Crippen molar-refractivity contribution in [2.45, 2.75) is 0 Å². The number of carbonyl (C=O) groups excluding carboxylic acids is 1. The maximum absolute atomic E-state index is 11.8. The lowest BCUT2D eigenvalue weighted by Crippen LogP contribution is -2.05. The van der Waals surface area contributed by atoms with Crippen molar-refractivity contribution in [1.82, 2.24) is 4.98 Å². The molecule has 0 N–H and O–H groups in total. The molecule has 104 valence electrons. The Hall–Kier alpha value is -1.000. The molecule has 0 unspecified atom stereocenters. The van der Waals surface area contributed by atoms with E-state index in [1.165, 1.54) is 19.2 Å². The number of esters is 1. The Labute approximate surface area is 135 Å². The van der Waals surface area contributed by atoms with Gasteiger partial charge in [-0.25, -0.2) is 9.78 Å². The van der Waals surface area contributed by atoms with Gasteiger partial charge in [0.2, 0.25) is 0 Å². The molecule has 1 heterocycles. The van der Waals surface area contributed by atoms with E-state index in [0.29, 0.717) is 11.3 Å². The van der Waals surface area contributed by atoms with Crippen LogP contribution in [0.15, 0.2) is 24.3 Å². The number of nitrogens with zero attached hydrogens (tertiary/aromatic N) is 1. The highest BCUT2D eigenvalue weighted by molar-refractivity contribution is 6.48. The number of hydrogen-bond donors (Lipinski definition) is 0. The van der Waals surface area contributed by atoms with Crippen LogP contribution in [-0.4, -0.2) is 18.1 Å². The molecule has 0 aliphatic rings. The fourth-order valence-corrected chi connectivity index (χ4v) is 2.37. The molecule has 0 aliphatic carbocycles. The standard InChI is InChI=1S/C13H7Cl4NO2/c1-20-13(19)7-2-3-10(16)18-12(7)6-4-8(14)11(17)9(15)5-6/h2-5H,1H3. The molecule has 0 radical (unpaired) electrons. The molecular weight excluding hydrogens is 344 g/mol. The highest BCUT2D eigenvalue weighted by Gasteiger charge is 2.17. The van der Waals surface area contributed by atoms with Gasteiger partial charge < -0.3 is 4.74 Å². The molecule has 2 rings (SSSR count). The number of pyridine rings is 1. The summed E-state index contributed by atoms with van der Waals surface area (Å²) in [7, 11) is 1.28. The van der Waals surface area contributed by atoms with Gasteiger partial charge in [-0.1, -0.05) is 46.4 Å². The molecule has 0 saturated heterocycles. The molecule has 0 fully saturated rings. The average Bonchev–Trinajstić information content (AvgIpc) is 2.43. The summed E-state index contributed by atoms with van der Waals surface area (Å²) >= 11 is 23.7. The third-order valence-corrected chi connectivity index (χ3v) is 3.93. The normalized spacial score (nSPS) is 10.4. The molecule has 7 heteroatoms. The van der Waals surface area contributed by atoms with Crippen LogP contribution in [0.4, 0.5) is 0 Å². The molecule has 2 aromatic rings. The Kier molecular flexibility index (Phi) is 4.76. The summed E-state index contributed by atoms with van der Waals surface area (Å²) in [6.07, 6.45) is 0. The van der Waals surface area contributed by atoms with Crippen LogP contribution in [0, 0.1) is 0 Å². The van der Waals surface area contributed by atoms with Gasteiger partial charge in [-0.05, 0) is 24.3 Å². The molecule has 1 aromatic heterocycles. The lowest BCUT2D eigenvalue weighted by Gasteiger charge is -2.09. The lowest BCUT2D eigenvalue weighted by atomic mass is 10.1. The number of hydrogen-bond acceptors (Lipinski definition) is 3. The number of rotatable bonds is 2. The van der Waals surface area contributed by atoms with E-state index < -0.39 is 5.97 Å². The first-order valence-electron chi connectivity index (χ1n) is 5.34. The third kappa shape index (κ3) is 3.01. The van der Waals surface area contributed by atoms with Crippen molar-refractivity contribution in [3.8, 4) is 11.3 Å².